The lowest BCUT2D eigenvalue weighted by Crippen LogP contribution is -2.44. The number of hydrogen-bond acceptors (Lipinski definition) is 4. The number of hydrogen-bond donors (Lipinski definition) is 3. The van der Waals surface area contributed by atoms with Gasteiger partial charge in [0.1, 0.15) is 0 Å². The number of amides is 1. The van der Waals surface area contributed by atoms with Crippen LogP contribution in [-0.2, 0) is 0 Å². The third kappa shape index (κ3) is 3.67. The molecule has 2 rings (SSSR count). The van der Waals surface area contributed by atoms with E-state index in [1.807, 2.05) is 13.8 Å². The predicted octanol–water partition coefficient (Wildman–Crippen LogP) is 1.95. The van der Waals surface area contributed by atoms with Gasteiger partial charge in [-0.3, -0.25) is 4.79 Å². The summed E-state index contributed by atoms with van der Waals surface area (Å²) < 4.78 is 0. The second-order valence-corrected chi connectivity index (χ2v) is 5.94. The van der Waals surface area contributed by atoms with Crippen molar-refractivity contribution in [1.29, 1.82) is 0 Å². The molecule has 1 heterocycles. The van der Waals surface area contributed by atoms with Gasteiger partial charge >= 0.3 is 0 Å². The fourth-order valence-corrected chi connectivity index (χ4v) is 2.74. The Bertz CT molecular complexity index is 496. The second kappa shape index (κ2) is 6.80. The van der Waals surface area contributed by atoms with Crippen LogP contribution in [0.1, 0.15) is 37.0 Å². The van der Waals surface area contributed by atoms with Crippen LogP contribution in [0.5, 0.6) is 11.5 Å². The summed E-state index contributed by atoms with van der Waals surface area (Å²) in [5.41, 5.74) is 0.160. The van der Waals surface area contributed by atoms with E-state index < -0.39 is 0 Å². The summed E-state index contributed by atoms with van der Waals surface area (Å²) >= 11 is 0. The number of carbonyl (C=O) groups is 1. The van der Waals surface area contributed by atoms with Gasteiger partial charge in [-0.2, -0.15) is 0 Å². The van der Waals surface area contributed by atoms with Crippen molar-refractivity contribution in [2.75, 3.05) is 19.6 Å². The van der Waals surface area contributed by atoms with Gasteiger partial charge in [-0.15, -0.1) is 0 Å². The molecule has 0 bridgehead atoms. The summed E-state index contributed by atoms with van der Waals surface area (Å²) in [5.74, 6) is -0.396. The SMILES string of the molecule is CC(C)N(CC1CCCNC1)C(=O)c1cccc(O)c1O. The first-order chi connectivity index (χ1) is 10.0. The van der Waals surface area contributed by atoms with Gasteiger partial charge in [-0.25, -0.2) is 0 Å². The molecule has 0 aromatic heterocycles. The summed E-state index contributed by atoms with van der Waals surface area (Å²) in [6.07, 6.45) is 2.23. The van der Waals surface area contributed by atoms with E-state index in [2.05, 4.69) is 5.32 Å². The molecule has 5 nitrogen and oxygen atoms in total. The number of para-hydroxylation sites is 1. The molecule has 0 aliphatic carbocycles. The fraction of sp³-hybridized carbons (Fsp3) is 0.562. The van der Waals surface area contributed by atoms with Gasteiger partial charge in [0.05, 0.1) is 5.56 Å². The molecule has 1 saturated heterocycles. The van der Waals surface area contributed by atoms with E-state index in [4.69, 9.17) is 0 Å². The number of aromatic hydroxyl groups is 2. The minimum atomic E-state index is -0.338. The molecule has 1 amide bonds. The maximum atomic E-state index is 12.7. The Morgan fingerprint density at radius 3 is 2.81 bits per heavy atom. The zero-order valence-electron chi connectivity index (χ0n) is 12.7. The topological polar surface area (TPSA) is 72.8 Å². The van der Waals surface area contributed by atoms with Gasteiger partial charge in [-0.05, 0) is 57.8 Å². The Morgan fingerprint density at radius 2 is 2.19 bits per heavy atom. The molecule has 1 fully saturated rings. The molecule has 1 aliphatic heterocycles. The molecule has 21 heavy (non-hydrogen) atoms. The number of benzene rings is 1. The Morgan fingerprint density at radius 1 is 1.43 bits per heavy atom. The van der Waals surface area contributed by atoms with Crippen molar-refractivity contribution >= 4 is 5.91 Å². The van der Waals surface area contributed by atoms with Crippen molar-refractivity contribution < 1.29 is 15.0 Å². The second-order valence-electron chi connectivity index (χ2n) is 5.94. The lowest BCUT2D eigenvalue weighted by Gasteiger charge is -2.33. The Kier molecular flexibility index (Phi) is 5.07. The third-order valence-electron chi connectivity index (χ3n) is 3.98. The fourth-order valence-electron chi connectivity index (χ4n) is 2.74. The van der Waals surface area contributed by atoms with Crippen molar-refractivity contribution in [1.82, 2.24) is 10.2 Å². The zero-order chi connectivity index (χ0) is 15.4. The van der Waals surface area contributed by atoms with Gasteiger partial charge in [0, 0.05) is 12.6 Å². The molecule has 0 spiro atoms. The van der Waals surface area contributed by atoms with Gasteiger partial charge < -0.3 is 20.4 Å². The highest BCUT2D eigenvalue weighted by atomic mass is 16.3. The lowest BCUT2D eigenvalue weighted by atomic mass is 9.98. The summed E-state index contributed by atoms with van der Waals surface area (Å²) in [4.78, 5) is 14.4. The van der Waals surface area contributed by atoms with Gasteiger partial charge in [-0.1, -0.05) is 6.07 Å². The van der Waals surface area contributed by atoms with E-state index in [1.54, 1.807) is 17.0 Å². The number of phenols is 2. The third-order valence-corrected chi connectivity index (χ3v) is 3.98. The Balaban J connectivity index is 2.17. The van der Waals surface area contributed by atoms with Crippen molar-refractivity contribution in [3.8, 4) is 11.5 Å². The molecule has 3 N–H and O–H groups in total. The van der Waals surface area contributed by atoms with Crippen LogP contribution in [0.3, 0.4) is 0 Å². The van der Waals surface area contributed by atoms with Gasteiger partial charge in [0.2, 0.25) is 0 Å². The first kappa shape index (κ1) is 15.6. The average molecular weight is 292 g/mol. The van der Waals surface area contributed by atoms with Crippen LogP contribution in [0.15, 0.2) is 18.2 Å². The molecule has 1 aromatic rings. The highest BCUT2D eigenvalue weighted by Gasteiger charge is 2.26. The largest absolute Gasteiger partial charge is 0.504 e. The zero-order valence-corrected chi connectivity index (χ0v) is 12.7. The standard InChI is InChI=1S/C16H24N2O3/c1-11(2)18(10-12-5-4-8-17-9-12)16(21)13-6-3-7-14(19)15(13)20/h3,6-7,11-12,17,19-20H,4-5,8-10H2,1-2H3. The van der Waals surface area contributed by atoms with E-state index >= 15 is 0 Å². The number of nitrogens with one attached hydrogen (secondary N) is 1. The molecular formula is C16H24N2O3. The monoisotopic (exact) mass is 292 g/mol. The number of phenolic OH excluding ortho intramolecular Hbond substituents is 2. The Labute approximate surface area is 125 Å². The predicted molar refractivity (Wildman–Crippen MR) is 81.5 cm³/mol. The quantitative estimate of drug-likeness (QED) is 0.742. The van der Waals surface area contributed by atoms with Crippen LogP contribution in [0.2, 0.25) is 0 Å². The molecule has 0 radical (unpaired) electrons. The number of rotatable bonds is 4. The van der Waals surface area contributed by atoms with Crippen LogP contribution in [0, 0.1) is 5.92 Å². The molecule has 1 aromatic carbocycles. The average Bonchev–Trinajstić information content (AvgIpc) is 2.48. The summed E-state index contributed by atoms with van der Waals surface area (Å²) in [5, 5.41) is 22.8. The summed E-state index contributed by atoms with van der Waals surface area (Å²) in [6.45, 7) is 6.56. The van der Waals surface area contributed by atoms with Crippen molar-refractivity contribution in [3.05, 3.63) is 23.8 Å². The highest BCUT2D eigenvalue weighted by Crippen LogP contribution is 2.30. The van der Waals surface area contributed by atoms with Crippen LogP contribution in [0.25, 0.3) is 0 Å². The number of carbonyl (C=O) groups excluding carboxylic acids is 1. The van der Waals surface area contributed by atoms with E-state index in [0.717, 1.165) is 25.9 Å². The minimum absolute atomic E-state index is 0.0428. The first-order valence-corrected chi connectivity index (χ1v) is 7.53. The summed E-state index contributed by atoms with van der Waals surface area (Å²) in [6, 6.07) is 4.53. The van der Waals surface area contributed by atoms with Crippen molar-refractivity contribution in [3.63, 3.8) is 0 Å². The van der Waals surface area contributed by atoms with Crippen LogP contribution in [0.4, 0.5) is 0 Å². The van der Waals surface area contributed by atoms with E-state index in [-0.39, 0.29) is 29.0 Å². The summed E-state index contributed by atoms with van der Waals surface area (Å²) in [7, 11) is 0. The smallest absolute Gasteiger partial charge is 0.257 e. The molecule has 116 valence electrons. The normalized spacial score (nSPS) is 18.7. The van der Waals surface area contributed by atoms with Gasteiger partial charge in [0.15, 0.2) is 11.5 Å². The molecule has 1 atom stereocenters. The van der Waals surface area contributed by atoms with Crippen LogP contribution < -0.4 is 5.32 Å². The van der Waals surface area contributed by atoms with E-state index in [1.165, 1.54) is 6.07 Å². The van der Waals surface area contributed by atoms with E-state index in [9.17, 15) is 15.0 Å². The van der Waals surface area contributed by atoms with Crippen molar-refractivity contribution in [2.45, 2.75) is 32.7 Å². The molecule has 0 saturated carbocycles. The molecule has 1 aliphatic rings. The van der Waals surface area contributed by atoms with E-state index in [0.29, 0.717) is 12.5 Å². The number of piperidine rings is 1. The first-order valence-electron chi connectivity index (χ1n) is 7.53. The van der Waals surface area contributed by atoms with Crippen LogP contribution in [-0.4, -0.2) is 46.7 Å². The molecular weight excluding hydrogens is 268 g/mol. The van der Waals surface area contributed by atoms with Crippen molar-refractivity contribution in [2.24, 2.45) is 5.92 Å². The molecule has 5 heteroatoms. The van der Waals surface area contributed by atoms with Crippen LogP contribution >= 0.6 is 0 Å². The Hall–Kier alpha value is -1.75. The molecule has 1 unspecified atom stereocenters. The maximum Gasteiger partial charge on any atom is 0.257 e. The minimum Gasteiger partial charge on any atom is -0.504 e. The maximum absolute atomic E-state index is 12.7. The number of nitrogens with zero attached hydrogens (tertiary/aromatic N) is 1. The lowest BCUT2D eigenvalue weighted by molar-refractivity contribution is 0.0657. The highest BCUT2D eigenvalue weighted by molar-refractivity contribution is 5.97. The van der Waals surface area contributed by atoms with Gasteiger partial charge in [0.25, 0.3) is 5.91 Å².